The largest absolute Gasteiger partial charge is 0.347 e. The van der Waals surface area contributed by atoms with E-state index >= 15 is 0 Å². The summed E-state index contributed by atoms with van der Waals surface area (Å²) < 4.78 is 0. The second kappa shape index (κ2) is 11.2. The number of rotatable bonds is 6. The van der Waals surface area contributed by atoms with Gasteiger partial charge in [0.2, 0.25) is 5.91 Å². The highest BCUT2D eigenvalue weighted by molar-refractivity contribution is 8.05. The monoisotopic (exact) mass is 535 g/mol. The fourth-order valence-electron chi connectivity index (χ4n) is 3.90. The molecule has 1 saturated heterocycles. The number of aryl methyl sites for hydroxylation is 2. The Balaban J connectivity index is 1.71. The zero-order chi connectivity index (χ0) is 25.8. The van der Waals surface area contributed by atoms with Crippen LogP contribution in [0.15, 0.2) is 77.3 Å². The van der Waals surface area contributed by atoms with Gasteiger partial charge in [0.05, 0.1) is 5.25 Å². The SMILES string of the molecule is Cc1ccc(N2C(=O)C(Cc3cc(Cl)cc(Cl)c3)S/C2=C(/C#N)C(=O)NCc2ccccc2)cc1C. The number of hydrogen-bond donors (Lipinski definition) is 1. The lowest BCUT2D eigenvalue weighted by Crippen LogP contribution is -2.32. The number of carbonyl (C=O) groups is 2. The Labute approximate surface area is 224 Å². The van der Waals surface area contributed by atoms with E-state index in [-0.39, 0.29) is 18.0 Å². The smallest absolute Gasteiger partial charge is 0.264 e. The van der Waals surface area contributed by atoms with Crippen LogP contribution in [0.1, 0.15) is 22.3 Å². The number of amides is 2. The molecule has 3 aromatic carbocycles. The first-order valence-corrected chi connectivity index (χ1v) is 12.9. The first kappa shape index (κ1) is 25.8. The minimum absolute atomic E-state index is 0.103. The molecule has 1 atom stereocenters. The molecule has 0 bridgehead atoms. The number of nitriles is 1. The van der Waals surface area contributed by atoms with E-state index in [0.717, 1.165) is 22.3 Å². The van der Waals surface area contributed by atoms with Gasteiger partial charge in [0.1, 0.15) is 16.7 Å². The molecule has 0 saturated carbocycles. The first-order valence-electron chi connectivity index (χ1n) is 11.3. The van der Waals surface area contributed by atoms with Gasteiger partial charge in [-0.1, -0.05) is 71.4 Å². The average Bonchev–Trinajstić information content (AvgIpc) is 3.15. The van der Waals surface area contributed by atoms with Crippen molar-refractivity contribution in [3.63, 3.8) is 0 Å². The highest BCUT2D eigenvalue weighted by Gasteiger charge is 2.41. The van der Waals surface area contributed by atoms with Crippen LogP contribution in [0.2, 0.25) is 10.0 Å². The Kier molecular flexibility index (Phi) is 8.05. The Morgan fingerprint density at radius 1 is 1.00 bits per heavy atom. The van der Waals surface area contributed by atoms with E-state index in [2.05, 4.69) is 5.32 Å². The molecule has 182 valence electrons. The molecule has 1 aliphatic rings. The van der Waals surface area contributed by atoms with Gasteiger partial charge in [0, 0.05) is 22.3 Å². The number of anilines is 1. The quantitative estimate of drug-likeness (QED) is 0.294. The summed E-state index contributed by atoms with van der Waals surface area (Å²) in [5.74, 6) is -0.741. The van der Waals surface area contributed by atoms with Crippen molar-refractivity contribution >= 4 is 52.5 Å². The topological polar surface area (TPSA) is 73.2 Å². The molecule has 4 rings (SSSR count). The third-order valence-electron chi connectivity index (χ3n) is 5.89. The zero-order valence-corrected chi connectivity index (χ0v) is 22.0. The average molecular weight is 536 g/mol. The first-order chi connectivity index (χ1) is 17.3. The fourth-order valence-corrected chi connectivity index (χ4v) is 5.78. The number of carbonyl (C=O) groups excluding carboxylic acids is 2. The van der Waals surface area contributed by atoms with Crippen LogP contribution in [0.4, 0.5) is 5.69 Å². The number of halogens is 2. The summed E-state index contributed by atoms with van der Waals surface area (Å²) in [4.78, 5) is 28.3. The van der Waals surface area contributed by atoms with E-state index in [4.69, 9.17) is 23.2 Å². The van der Waals surface area contributed by atoms with Crippen molar-refractivity contribution in [2.24, 2.45) is 0 Å². The molecule has 2 amide bonds. The van der Waals surface area contributed by atoms with E-state index in [0.29, 0.717) is 27.2 Å². The van der Waals surface area contributed by atoms with Gasteiger partial charge < -0.3 is 5.32 Å². The lowest BCUT2D eigenvalue weighted by Gasteiger charge is -2.20. The fraction of sp³-hybridized carbons (Fsp3) is 0.179. The minimum atomic E-state index is -0.554. The van der Waals surface area contributed by atoms with Crippen LogP contribution in [0.25, 0.3) is 0 Å². The summed E-state index contributed by atoms with van der Waals surface area (Å²) in [7, 11) is 0. The molecule has 1 fully saturated rings. The molecule has 36 heavy (non-hydrogen) atoms. The predicted octanol–water partition coefficient (Wildman–Crippen LogP) is 6.35. The van der Waals surface area contributed by atoms with Gasteiger partial charge in [-0.3, -0.25) is 14.5 Å². The van der Waals surface area contributed by atoms with Gasteiger partial charge >= 0.3 is 0 Å². The molecule has 0 radical (unpaired) electrons. The molecule has 0 aliphatic carbocycles. The number of thioether (sulfide) groups is 1. The van der Waals surface area contributed by atoms with Crippen LogP contribution in [0.3, 0.4) is 0 Å². The molecule has 1 N–H and O–H groups in total. The Morgan fingerprint density at radius 3 is 2.33 bits per heavy atom. The van der Waals surface area contributed by atoms with E-state index in [1.807, 2.05) is 68.4 Å². The van der Waals surface area contributed by atoms with E-state index in [9.17, 15) is 14.9 Å². The molecule has 0 spiro atoms. The lowest BCUT2D eigenvalue weighted by molar-refractivity contribution is -0.117. The second-order valence-corrected chi connectivity index (χ2v) is 10.6. The van der Waals surface area contributed by atoms with Crippen molar-refractivity contribution in [2.45, 2.75) is 32.1 Å². The number of hydrogen-bond acceptors (Lipinski definition) is 4. The summed E-state index contributed by atoms with van der Waals surface area (Å²) in [6.45, 7) is 4.21. The van der Waals surface area contributed by atoms with Gasteiger partial charge in [0.15, 0.2) is 0 Å². The molecule has 0 aromatic heterocycles. The number of nitrogens with zero attached hydrogens (tertiary/aromatic N) is 2. The Morgan fingerprint density at radius 2 is 1.69 bits per heavy atom. The normalized spacial score (nSPS) is 16.6. The Bertz CT molecular complexity index is 1380. The molecule has 1 aliphatic heterocycles. The second-order valence-electron chi connectivity index (χ2n) is 8.49. The maximum absolute atomic E-state index is 13.7. The van der Waals surface area contributed by atoms with Crippen molar-refractivity contribution in [3.05, 3.63) is 110 Å². The van der Waals surface area contributed by atoms with Crippen LogP contribution in [0, 0.1) is 25.2 Å². The van der Waals surface area contributed by atoms with Crippen LogP contribution < -0.4 is 10.2 Å². The number of nitrogens with one attached hydrogen (secondary N) is 1. The van der Waals surface area contributed by atoms with Gasteiger partial charge in [-0.25, -0.2) is 0 Å². The minimum Gasteiger partial charge on any atom is -0.347 e. The zero-order valence-electron chi connectivity index (χ0n) is 19.7. The van der Waals surface area contributed by atoms with Crippen molar-refractivity contribution < 1.29 is 9.59 Å². The van der Waals surface area contributed by atoms with Crippen molar-refractivity contribution in [3.8, 4) is 6.07 Å². The van der Waals surface area contributed by atoms with E-state index in [1.165, 1.54) is 16.7 Å². The van der Waals surface area contributed by atoms with Crippen LogP contribution in [-0.4, -0.2) is 17.1 Å². The lowest BCUT2D eigenvalue weighted by atomic mass is 10.1. The van der Waals surface area contributed by atoms with Crippen molar-refractivity contribution in [1.82, 2.24) is 5.32 Å². The summed E-state index contributed by atoms with van der Waals surface area (Å²) in [6, 6.07) is 22.3. The van der Waals surface area contributed by atoms with Crippen molar-refractivity contribution in [2.75, 3.05) is 4.90 Å². The third kappa shape index (κ3) is 5.76. The van der Waals surface area contributed by atoms with E-state index in [1.54, 1.807) is 18.2 Å². The molecule has 8 heteroatoms. The highest BCUT2D eigenvalue weighted by Crippen LogP contribution is 2.42. The summed E-state index contributed by atoms with van der Waals surface area (Å²) >= 11 is 13.5. The van der Waals surface area contributed by atoms with Crippen LogP contribution >= 0.6 is 35.0 Å². The van der Waals surface area contributed by atoms with Crippen LogP contribution in [0.5, 0.6) is 0 Å². The summed E-state index contributed by atoms with van der Waals surface area (Å²) in [6.07, 6.45) is 0.346. The third-order valence-corrected chi connectivity index (χ3v) is 7.59. The standard InChI is InChI=1S/C28H23Cl2N3O2S/c1-17-8-9-23(10-18(17)2)33-27(35)25(13-20-11-21(29)14-22(30)12-20)36-28(33)24(15-31)26(34)32-16-19-6-4-3-5-7-19/h3-12,14,25H,13,16H2,1-2H3,(H,32,34)/b28-24-. The van der Waals surface area contributed by atoms with Gasteiger partial charge in [-0.15, -0.1) is 0 Å². The molecule has 1 heterocycles. The molecular formula is C28H23Cl2N3O2S. The molecule has 5 nitrogen and oxygen atoms in total. The summed E-state index contributed by atoms with van der Waals surface area (Å²) in [5, 5.41) is 13.5. The predicted molar refractivity (Wildman–Crippen MR) is 146 cm³/mol. The number of benzene rings is 3. The highest BCUT2D eigenvalue weighted by atomic mass is 35.5. The van der Waals surface area contributed by atoms with Gasteiger partial charge in [-0.05, 0) is 72.9 Å². The Hall–Kier alpha value is -3.24. The maximum Gasteiger partial charge on any atom is 0.264 e. The maximum atomic E-state index is 13.7. The van der Waals surface area contributed by atoms with Crippen LogP contribution in [-0.2, 0) is 22.6 Å². The molecule has 1 unspecified atom stereocenters. The molecular weight excluding hydrogens is 513 g/mol. The molecule has 3 aromatic rings. The van der Waals surface area contributed by atoms with Gasteiger partial charge in [-0.2, -0.15) is 5.26 Å². The summed E-state index contributed by atoms with van der Waals surface area (Å²) in [5.41, 5.74) is 4.29. The van der Waals surface area contributed by atoms with Crippen molar-refractivity contribution in [1.29, 1.82) is 5.26 Å². The van der Waals surface area contributed by atoms with Gasteiger partial charge in [0.25, 0.3) is 5.91 Å². The van der Waals surface area contributed by atoms with E-state index < -0.39 is 11.2 Å².